The highest BCUT2D eigenvalue weighted by Crippen LogP contribution is 2.41. The first-order chi connectivity index (χ1) is 11.1. The van der Waals surface area contributed by atoms with Gasteiger partial charge in [-0.2, -0.15) is 0 Å². The number of esters is 1. The Morgan fingerprint density at radius 2 is 1.96 bits per heavy atom. The third-order valence-corrected chi connectivity index (χ3v) is 4.61. The topological polar surface area (TPSA) is 72.9 Å². The second kappa shape index (κ2) is 6.40. The lowest BCUT2D eigenvalue weighted by atomic mass is 9.94. The SMILES string of the molecule is COC(=O)C1C2CC(=O)CC2CN1C(=O)OCc1ccccc1. The molecule has 1 aromatic carbocycles. The number of likely N-dealkylation sites (tertiary alicyclic amines) is 1. The Hall–Kier alpha value is -2.37. The van der Waals surface area contributed by atoms with Crippen LogP contribution in [0.15, 0.2) is 30.3 Å². The number of ether oxygens (including phenoxy) is 2. The first-order valence-electron chi connectivity index (χ1n) is 7.67. The molecule has 1 aromatic rings. The molecule has 1 amide bonds. The number of amides is 1. The standard InChI is InChI=1S/C17H19NO5/c1-22-16(20)15-14-8-13(19)7-12(14)9-18(15)17(21)23-10-11-5-3-2-4-6-11/h2-6,12,14-15H,7-10H2,1H3. The molecule has 2 aliphatic rings. The number of fused-ring (bicyclic) bond motifs is 1. The number of hydrogen-bond donors (Lipinski definition) is 0. The molecular weight excluding hydrogens is 298 g/mol. The largest absolute Gasteiger partial charge is 0.467 e. The molecule has 3 rings (SSSR count). The second-order valence-electron chi connectivity index (χ2n) is 6.03. The molecule has 2 fully saturated rings. The predicted molar refractivity (Wildman–Crippen MR) is 80.4 cm³/mol. The van der Waals surface area contributed by atoms with Gasteiger partial charge in [0.05, 0.1) is 7.11 Å². The molecule has 1 saturated carbocycles. The number of methoxy groups -OCH3 is 1. The zero-order chi connectivity index (χ0) is 16.4. The smallest absolute Gasteiger partial charge is 0.410 e. The molecule has 0 N–H and O–H groups in total. The van der Waals surface area contributed by atoms with E-state index in [0.717, 1.165) is 5.56 Å². The first-order valence-corrected chi connectivity index (χ1v) is 7.67. The van der Waals surface area contributed by atoms with Crippen molar-refractivity contribution in [2.24, 2.45) is 11.8 Å². The minimum absolute atomic E-state index is 0.0240. The van der Waals surface area contributed by atoms with Crippen molar-refractivity contribution in [3.05, 3.63) is 35.9 Å². The van der Waals surface area contributed by atoms with E-state index in [1.807, 2.05) is 30.3 Å². The van der Waals surface area contributed by atoms with Crippen LogP contribution in [0.3, 0.4) is 0 Å². The van der Waals surface area contributed by atoms with Gasteiger partial charge in [-0.25, -0.2) is 9.59 Å². The summed E-state index contributed by atoms with van der Waals surface area (Å²) >= 11 is 0. The quantitative estimate of drug-likeness (QED) is 0.795. The molecule has 0 bridgehead atoms. The lowest BCUT2D eigenvalue weighted by Gasteiger charge is -2.24. The number of nitrogens with zero attached hydrogens (tertiary/aromatic N) is 1. The summed E-state index contributed by atoms with van der Waals surface area (Å²) in [5, 5.41) is 0. The van der Waals surface area contributed by atoms with Crippen LogP contribution in [-0.2, 0) is 25.7 Å². The number of hydrogen-bond acceptors (Lipinski definition) is 5. The van der Waals surface area contributed by atoms with Crippen LogP contribution in [0.4, 0.5) is 4.79 Å². The summed E-state index contributed by atoms with van der Waals surface area (Å²) in [7, 11) is 1.29. The molecule has 23 heavy (non-hydrogen) atoms. The molecule has 0 aromatic heterocycles. The van der Waals surface area contributed by atoms with Gasteiger partial charge >= 0.3 is 12.1 Å². The van der Waals surface area contributed by atoms with Crippen LogP contribution in [0.2, 0.25) is 0 Å². The van der Waals surface area contributed by atoms with Crippen molar-refractivity contribution in [2.75, 3.05) is 13.7 Å². The summed E-state index contributed by atoms with van der Waals surface area (Å²) in [6.07, 6.45) is 0.208. The van der Waals surface area contributed by atoms with E-state index < -0.39 is 18.1 Å². The van der Waals surface area contributed by atoms with Crippen molar-refractivity contribution in [1.29, 1.82) is 0 Å². The van der Waals surface area contributed by atoms with Gasteiger partial charge in [0.1, 0.15) is 18.4 Å². The Labute approximate surface area is 134 Å². The van der Waals surface area contributed by atoms with Crippen LogP contribution < -0.4 is 0 Å². The van der Waals surface area contributed by atoms with Gasteiger partial charge in [-0.1, -0.05) is 30.3 Å². The Balaban J connectivity index is 1.69. The molecule has 0 radical (unpaired) electrons. The predicted octanol–water partition coefficient (Wildman–Crippen LogP) is 1.78. The number of benzene rings is 1. The van der Waals surface area contributed by atoms with Gasteiger partial charge in [0.2, 0.25) is 0 Å². The summed E-state index contributed by atoms with van der Waals surface area (Å²) < 4.78 is 10.1. The fourth-order valence-corrected chi connectivity index (χ4v) is 3.54. The molecular formula is C17H19NO5. The van der Waals surface area contributed by atoms with Crippen LogP contribution in [0, 0.1) is 11.8 Å². The van der Waals surface area contributed by atoms with Gasteiger partial charge in [-0.15, -0.1) is 0 Å². The van der Waals surface area contributed by atoms with E-state index >= 15 is 0 Å². The van der Waals surface area contributed by atoms with Crippen molar-refractivity contribution in [1.82, 2.24) is 4.90 Å². The number of ketones is 1. The van der Waals surface area contributed by atoms with Gasteiger partial charge in [0.25, 0.3) is 0 Å². The summed E-state index contributed by atoms with van der Waals surface area (Å²) in [5.74, 6) is -0.467. The zero-order valence-corrected chi connectivity index (χ0v) is 12.9. The van der Waals surface area contributed by atoms with Crippen molar-refractivity contribution >= 4 is 17.8 Å². The monoisotopic (exact) mass is 317 g/mol. The van der Waals surface area contributed by atoms with Crippen LogP contribution in [0.5, 0.6) is 0 Å². The molecule has 0 spiro atoms. The molecule has 1 saturated heterocycles. The number of carbonyl (C=O) groups is 3. The Morgan fingerprint density at radius 1 is 1.22 bits per heavy atom. The Kier molecular flexibility index (Phi) is 4.32. The average molecular weight is 317 g/mol. The maximum absolute atomic E-state index is 12.4. The molecule has 3 atom stereocenters. The third kappa shape index (κ3) is 3.06. The van der Waals surface area contributed by atoms with Crippen molar-refractivity contribution in [2.45, 2.75) is 25.5 Å². The van der Waals surface area contributed by atoms with Gasteiger partial charge in [0.15, 0.2) is 0 Å². The first kappa shape index (κ1) is 15.5. The molecule has 1 heterocycles. The maximum atomic E-state index is 12.4. The van der Waals surface area contributed by atoms with Crippen LogP contribution in [0.25, 0.3) is 0 Å². The fourth-order valence-electron chi connectivity index (χ4n) is 3.54. The van der Waals surface area contributed by atoms with E-state index in [0.29, 0.717) is 19.4 Å². The van der Waals surface area contributed by atoms with E-state index in [1.165, 1.54) is 12.0 Å². The van der Waals surface area contributed by atoms with Gasteiger partial charge in [-0.05, 0) is 11.5 Å². The normalized spacial score (nSPS) is 26.0. The molecule has 122 valence electrons. The highest BCUT2D eigenvalue weighted by atomic mass is 16.6. The summed E-state index contributed by atoms with van der Waals surface area (Å²) in [6.45, 7) is 0.516. The molecule has 1 aliphatic heterocycles. The minimum Gasteiger partial charge on any atom is -0.467 e. The Morgan fingerprint density at radius 3 is 2.65 bits per heavy atom. The lowest BCUT2D eigenvalue weighted by Crippen LogP contribution is -2.44. The van der Waals surface area contributed by atoms with Gasteiger partial charge in [0, 0.05) is 25.3 Å². The van der Waals surface area contributed by atoms with E-state index in [2.05, 4.69) is 0 Å². The van der Waals surface area contributed by atoms with Crippen molar-refractivity contribution in [3.63, 3.8) is 0 Å². The summed E-state index contributed by atoms with van der Waals surface area (Å²) in [4.78, 5) is 37.5. The minimum atomic E-state index is -0.722. The number of carbonyl (C=O) groups excluding carboxylic acids is 3. The number of Topliss-reactive ketones (excluding diaryl/α,β-unsaturated/α-hetero) is 1. The summed E-state index contributed by atoms with van der Waals surface area (Å²) in [6, 6.07) is 8.63. The molecule has 6 heteroatoms. The van der Waals surface area contributed by atoms with Gasteiger partial charge < -0.3 is 9.47 Å². The zero-order valence-electron chi connectivity index (χ0n) is 12.9. The van der Waals surface area contributed by atoms with E-state index in [9.17, 15) is 14.4 Å². The highest BCUT2D eigenvalue weighted by molar-refractivity contribution is 5.87. The van der Waals surface area contributed by atoms with Crippen LogP contribution in [-0.4, -0.2) is 42.4 Å². The summed E-state index contributed by atoms with van der Waals surface area (Å²) in [5.41, 5.74) is 0.880. The van der Waals surface area contributed by atoms with E-state index in [-0.39, 0.29) is 24.2 Å². The maximum Gasteiger partial charge on any atom is 0.410 e. The van der Waals surface area contributed by atoms with E-state index in [4.69, 9.17) is 9.47 Å². The van der Waals surface area contributed by atoms with Crippen LogP contribution >= 0.6 is 0 Å². The average Bonchev–Trinajstić information content (AvgIpc) is 3.08. The third-order valence-electron chi connectivity index (χ3n) is 4.61. The second-order valence-corrected chi connectivity index (χ2v) is 6.03. The number of rotatable bonds is 3. The lowest BCUT2D eigenvalue weighted by molar-refractivity contribution is -0.146. The molecule has 3 unspecified atom stereocenters. The highest BCUT2D eigenvalue weighted by Gasteiger charge is 2.52. The molecule has 1 aliphatic carbocycles. The van der Waals surface area contributed by atoms with Crippen LogP contribution in [0.1, 0.15) is 18.4 Å². The molecule has 6 nitrogen and oxygen atoms in total. The van der Waals surface area contributed by atoms with E-state index in [1.54, 1.807) is 0 Å². The Bertz CT molecular complexity index is 615. The van der Waals surface area contributed by atoms with Crippen molar-refractivity contribution < 1.29 is 23.9 Å². The fraction of sp³-hybridized carbons (Fsp3) is 0.471. The van der Waals surface area contributed by atoms with Gasteiger partial charge in [-0.3, -0.25) is 9.69 Å². The van der Waals surface area contributed by atoms with Crippen molar-refractivity contribution in [3.8, 4) is 0 Å².